The second kappa shape index (κ2) is 12.1. The predicted molar refractivity (Wildman–Crippen MR) is 199 cm³/mol. The molecule has 0 bridgehead atoms. The average Bonchev–Trinajstić information content (AvgIpc) is 3.50. The van der Waals surface area contributed by atoms with Crippen LogP contribution in [0.5, 0.6) is 5.75 Å². The van der Waals surface area contributed by atoms with Gasteiger partial charge >= 0.3 is 0 Å². The molecule has 6 rings (SSSR count). The number of amides is 1. The number of anilines is 2. The lowest BCUT2D eigenvalue weighted by Gasteiger charge is -2.37. The first-order valence-electron chi connectivity index (χ1n) is 16.9. The van der Waals surface area contributed by atoms with Gasteiger partial charge in [-0.15, -0.1) is 11.3 Å². The number of Topliss-reactive ketones (excluding diaryl/α,β-unsaturated/α-hetero) is 1. The third kappa shape index (κ3) is 6.23. The Morgan fingerprint density at radius 1 is 0.792 bits per heavy atom. The number of nitrogens with one attached hydrogen (secondary N) is 1. The molecular weight excluding hydrogens is 613 g/mol. The fourth-order valence-electron chi connectivity index (χ4n) is 7.10. The molecule has 0 unspecified atom stereocenters. The van der Waals surface area contributed by atoms with E-state index >= 15 is 0 Å². The van der Waals surface area contributed by atoms with Crippen LogP contribution in [0.1, 0.15) is 125 Å². The van der Waals surface area contributed by atoms with Crippen LogP contribution < -0.4 is 10.2 Å². The monoisotopic (exact) mass is 660 g/mol. The largest absolute Gasteiger partial charge is 0.507 e. The number of carbonyl (C=O) groups is 2. The molecular formula is C42H48N2O3S. The van der Waals surface area contributed by atoms with Crippen molar-refractivity contribution in [3.63, 3.8) is 0 Å². The Morgan fingerprint density at radius 3 is 1.98 bits per heavy atom. The smallest absolute Gasteiger partial charge is 0.269 e. The zero-order chi connectivity index (χ0) is 34.8. The second-order valence-electron chi connectivity index (χ2n) is 16.5. The summed E-state index contributed by atoms with van der Waals surface area (Å²) in [7, 11) is 0. The van der Waals surface area contributed by atoms with Crippen LogP contribution >= 0.6 is 11.3 Å². The first-order valence-corrected chi connectivity index (χ1v) is 17.8. The molecule has 3 aromatic carbocycles. The van der Waals surface area contributed by atoms with Crippen molar-refractivity contribution in [1.29, 1.82) is 0 Å². The molecule has 250 valence electrons. The number of carbonyl (C=O) groups excluding carboxylic acids is 2. The van der Waals surface area contributed by atoms with E-state index in [-0.39, 0.29) is 39.6 Å². The summed E-state index contributed by atoms with van der Waals surface area (Å²) in [6.45, 7) is 19.1. The molecule has 4 aromatic rings. The number of allylic oxidation sites excluding steroid dienone is 1. The number of phenolic OH excluding ortho intramolecular Hbond substituents is 1. The van der Waals surface area contributed by atoms with Crippen molar-refractivity contribution in [2.75, 3.05) is 10.2 Å². The van der Waals surface area contributed by atoms with Crippen LogP contribution in [0.3, 0.4) is 0 Å². The van der Waals surface area contributed by atoms with Crippen molar-refractivity contribution >= 4 is 34.4 Å². The summed E-state index contributed by atoms with van der Waals surface area (Å²) in [5.41, 5.74) is 7.04. The van der Waals surface area contributed by atoms with Gasteiger partial charge in [0.15, 0.2) is 5.78 Å². The molecule has 0 saturated heterocycles. The topological polar surface area (TPSA) is 69.6 Å². The zero-order valence-corrected chi connectivity index (χ0v) is 30.5. The number of para-hydroxylation sites is 2. The van der Waals surface area contributed by atoms with Gasteiger partial charge in [-0.25, -0.2) is 0 Å². The summed E-state index contributed by atoms with van der Waals surface area (Å²) in [4.78, 5) is 31.8. The van der Waals surface area contributed by atoms with Crippen LogP contribution in [0.25, 0.3) is 0 Å². The lowest BCUT2D eigenvalue weighted by atomic mass is 9.74. The predicted octanol–water partition coefficient (Wildman–Crippen LogP) is 10.6. The summed E-state index contributed by atoms with van der Waals surface area (Å²) in [5, 5.41) is 17.3. The van der Waals surface area contributed by atoms with Gasteiger partial charge in [0.2, 0.25) is 0 Å². The van der Waals surface area contributed by atoms with Crippen molar-refractivity contribution in [3.8, 4) is 5.75 Å². The molecule has 0 fully saturated rings. The molecule has 2 atom stereocenters. The SMILES string of the molecule is CC(C)(C)c1ccc([C@H]2CC(=O)C3=C(C2)Nc2ccccc2N(C(=O)c2cccs2)[C@@H]3c2cc(C(C)(C)C)c(O)c(C(C)(C)C)c2)cc1. The number of hydrogen-bond acceptors (Lipinski definition) is 5. The number of rotatable bonds is 3. The van der Waals surface area contributed by atoms with E-state index in [1.807, 2.05) is 58.8 Å². The molecule has 6 heteroatoms. The number of phenols is 1. The molecule has 2 aliphatic rings. The number of hydrogen-bond donors (Lipinski definition) is 2. The van der Waals surface area contributed by atoms with Gasteiger partial charge in [-0.3, -0.25) is 14.5 Å². The van der Waals surface area contributed by atoms with Crippen molar-refractivity contribution in [2.24, 2.45) is 0 Å². The summed E-state index contributed by atoms with van der Waals surface area (Å²) in [6, 6.07) is 23.6. The van der Waals surface area contributed by atoms with E-state index in [1.165, 1.54) is 16.9 Å². The van der Waals surface area contributed by atoms with Crippen LogP contribution in [0.4, 0.5) is 11.4 Å². The third-order valence-corrected chi connectivity index (χ3v) is 10.6. The minimum Gasteiger partial charge on any atom is -0.507 e. The molecule has 1 amide bonds. The summed E-state index contributed by atoms with van der Waals surface area (Å²) >= 11 is 1.40. The van der Waals surface area contributed by atoms with E-state index in [0.29, 0.717) is 23.3 Å². The molecule has 1 aromatic heterocycles. The lowest BCUT2D eigenvalue weighted by Crippen LogP contribution is -2.38. The maximum Gasteiger partial charge on any atom is 0.269 e. The van der Waals surface area contributed by atoms with Gasteiger partial charge in [-0.1, -0.05) is 105 Å². The fraction of sp³-hybridized carbons (Fsp3) is 0.381. The van der Waals surface area contributed by atoms with E-state index < -0.39 is 6.04 Å². The molecule has 0 spiro atoms. The number of aromatic hydroxyl groups is 1. The number of benzene rings is 3. The maximum atomic E-state index is 14.7. The Kier molecular flexibility index (Phi) is 8.48. The van der Waals surface area contributed by atoms with E-state index in [4.69, 9.17) is 0 Å². The van der Waals surface area contributed by atoms with Gasteiger partial charge in [0.1, 0.15) is 5.75 Å². The Balaban J connectivity index is 1.61. The van der Waals surface area contributed by atoms with Crippen molar-refractivity contribution in [2.45, 2.75) is 103 Å². The zero-order valence-electron chi connectivity index (χ0n) is 29.7. The van der Waals surface area contributed by atoms with Gasteiger partial charge in [0.25, 0.3) is 5.91 Å². The summed E-state index contributed by atoms with van der Waals surface area (Å²) in [5.74, 6) is 0.136. The van der Waals surface area contributed by atoms with Crippen LogP contribution in [-0.4, -0.2) is 16.8 Å². The summed E-state index contributed by atoms with van der Waals surface area (Å²) < 4.78 is 0. The van der Waals surface area contributed by atoms with Gasteiger partial charge < -0.3 is 10.4 Å². The van der Waals surface area contributed by atoms with Crippen molar-refractivity contribution < 1.29 is 14.7 Å². The normalized spacial score (nSPS) is 18.6. The molecule has 1 aliphatic carbocycles. The highest BCUT2D eigenvalue weighted by molar-refractivity contribution is 7.12. The van der Waals surface area contributed by atoms with Gasteiger partial charge in [0, 0.05) is 17.7 Å². The molecule has 0 saturated carbocycles. The molecule has 0 radical (unpaired) electrons. The van der Waals surface area contributed by atoms with Gasteiger partial charge in [-0.2, -0.15) is 0 Å². The Morgan fingerprint density at radius 2 is 1.42 bits per heavy atom. The maximum absolute atomic E-state index is 14.7. The van der Waals surface area contributed by atoms with Gasteiger partial charge in [0.05, 0.1) is 22.3 Å². The van der Waals surface area contributed by atoms with E-state index in [1.54, 1.807) is 0 Å². The lowest BCUT2D eigenvalue weighted by molar-refractivity contribution is -0.116. The van der Waals surface area contributed by atoms with E-state index in [2.05, 4.69) is 91.9 Å². The van der Waals surface area contributed by atoms with Gasteiger partial charge in [-0.05, 0) is 92.1 Å². The number of ketones is 1. The fourth-order valence-corrected chi connectivity index (χ4v) is 7.76. The van der Waals surface area contributed by atoms with Crippen LogP contribution in [-0.2, 0) is 21.0 Å². The molecule has 48 heavy (non-hydrogen) atoms. The van der Waals surface area contributed by atoms with Crippen LogP contribution in [0.15, 0.2) is 89.4 Å². The highest BCUT2D eigenvalue weighted by Crippen LogP contribution is 2.50. The third-order valence-electron chi connectivity index (χ3n) is 9.75. The quantitative estimate of drug-likeness (QED) is 0.229. The van der Waals surface area contributed by atoms with Crippen molar-refractivity contribution in [3.05, 3.63) is 122 Å². The highest BCUT2D eigenvalue weighted by atomic mass is 32.1. The molecule has 2 N–H and O–H groups in total. The van der Waals surface area contributed by atoms with E-state index in [9.17, 15) is 14.7 Å². The number of nitrogens with zero attached hydrogens (tertiary/aromatic N) is 1. The average molecular weight is 661 g/mol. The van der Waals surface area contributed by atoms with E-state index in [0.717, 1.165) is 39.3 Å². The number of thiophene rings is 1. The standard InChI is InChI=1S/C42H48N2O3S/c1-40(2,3)28-18-16-25(17-19-28)26-23-32-36(34(45)24-26)37(27-21-29(41(4,5)6)38(46)30(22-27)42(7,8)9)44(39(47)35-15-12-20-48-35)33-14-11-10-13-31(33)43-32/h10-22,26,37,43,46H,23-24H2,1-9H3/t26-,37-/m1/s1. The minimum atomic E-state index is -0.703. The Labute approximate surface area is 289 Å². The van der Waals surface area contributed by atoms with Crippen molar-refractivity contribution in [1.82, 2.24) is 0 Å². The molecule has 1 aliphatic heterocycles. The molecule has 5 nitrogen and oxygen atoms in total. The summed E-state index contributed by atoms with van der Waals surface area (Å²) in [6.07, 6.45) is 0.984. The first-order chi connectivity index (χ1) is 22.4. The minimum absolute atomic E-state index is 0.000202. The Bertz CT molecular complexity index is 1860. The highest BCUT2D eigenvalue weighted by Gasteiger charge is 2.43. The van der Waals surface area contributed by atoms with Crippen LogP contribution in [0, 0.1) is 0 Å². The second-order valence-corrected chi connectivity index (χ2v) is 17.4. The Hall–Kier alpha value is -4.16. The van der Waals surface area contributed by atoms with Crippen LogP contribution in [0.2, 0.25) is 0 Å². The molecule has 2 heterocycles. The first kappa shape index (κ1) is 33.7. The number of fused-ring (bicyclic) bond motifs is 1.